The molecular weight excluding hydrogens is 288 g/mol. The van der Waals surface area contributed by atoms with Crippen molar-refractivity contribution in [3.8, 4) is 6.07 Å². The third kappa shape index (κ3) is 3.23. The van der Waals surface area contributed by atoms with Crippen LogP contribution in [0.25, 0.3) is 0 Å². The van der Waals surface area contributed by atoms with Crippen molar-refractivity contribution >= 4 is 10.0 Å². The highest BCUT2D eigenvalue weighted by atomic mass is 32.2. The lowest BCUT2D eigenvalue weighted by Gasteiger charge is -2.38. The number of nitrogens with zero attached hydrogens (tertiary/aromatic N) is 3. The molecule has 114 valence electrons. The maximum absolute atomic E-state index is 12.8. The second kappa shape index (κ2) is 6.52. The van der Waals surface area contributed by atoms with Gasteiger partial charge in [0.15, 0.2) is 0 Å². The second-order valence-corrected chi connectivity index (χ2v) is 7.03. The molecule has 6 nitrogen and oxygen atoms in total. The summed E-state index contributed by atoms with van der Waals surface area (Å²) in [5.41, 5.74) is 0.215. The Morgan fingerprint density at radius 2 is 2.19 bits per heavy atom. The Labute approximate surface area is 125 Å². The average molecular weight is 308 g/mol. The summed E-state index contributed by atoms with van der Waals surface area (Å²) >= 11 is 0. The Kier molecular flexibility index (Phi) is 4.93. The van der Waals surface area contributed by atoms with Crippen LogP contribution in [-0.2, 0) is 10.0 Å². The summed E-state index contributed by atoms with van der Waals surface area (Å²) in [5, 5.41) is 12.1. The van der Waals surface area contributed by atoms with Crippen molar-refractivity contribution in [2.45, 2.75) is 43.7 Å². The van der Waals surface area contributed by atoms with E-state index in [1.54, 1.807) is 4.31 Å². The molecule has 0 amide bonds. The first-order chi connectivity index (χ1) is 10.0. The Hall–Kier alpha value is -1.49. The standard InChI is InChI=1S/C14H20N4O2S/c1-3-11-10-18(13(4-2)8-16-11)21(19,20)14-6-5-12(7-15)17-9-14/h5-6,9,11,13,16H,3-4,8,10H2,1-2H3. The van der Waals surface area contributed by atoms with E-state index in [1.807, 2.05) is 19.9 Å². The SMILES string of the molecule is CCC1CN(S(=O)(=O)c2ccc(C#N)nc2)C(CC)CN1. The summed E-state index contributed by atoms with van der Waals surface area (Å²) in [5.74, 6) is 0. The van der Waals surface area contributed by atoms with Crippen LogP contribution < -0.4 is 5.32 Å². The molecule has 0 radical (unpaired) electrons. The molecule has 2 rings (SSSR count). The second-order valence-electron chi connectivity index (χ2n) is 5.14. The zero-order valence-electron chi connectivity index (χ0n) is 12.3. The maximum Gasteiger partial charge on any atom is 0.244 e. The molecule has 2 heterocycles. The van der Waals surface area contributed by atoms with Crippen LogP contribution in [0.5, 0.6) is 0 Å². The van der Waals surface area contributed by atoms with E-state index < -0.39 is 10.0 Å². The quantitative estimate of drug-likeness (QED) is 0.900. The summed E-state index contributed by atoms with van der Waals surface area (Å²) in [6.07, 6.45) is 2.91. The Morgan fingerprint density at radius 3 is 2.71 bits per heavy atom. The van der Waals surface area contributed by atoms with Crippen LogP contribution in [0.3, 0.4) is 0 Å². The van der Waals surface area contributed by atoms with Gasteiger partial charge >= 0.3 is 0 Å². The van der Waals surface area contributed by atoms with Crippen molar-refractivity contribution in [3.05, 3.63) is 24.0 Å². The molecule has 0 aromatic carbocycles. The number of hydrogen-bond donors (Lipinski definition) is 1. The van der Waals surface area contributed by atoms with Crippen LogP contribution in [-0.4, -0.2) is 42.9 Å². The first-order valence-electron chi connectivity index (χ1n) is 7.14. The molecule has 1 fully saturated rings. The summed E-state index contributed by atoms with van der Waals surface area (Å²) in [7, 11) is -3.57. The number of hydrogen-bond acceptors (Lipinski definition) is 5. The third-order valence-electron chi connectivity index (χ3n) is 3.87. The van der Waals surface area contributed by atoms with Crippen LogP contribution in [0, 0.1) is 11.3 Å². The molecule has 1 aromatic heterocycles. The van der Waals surface area contributed by atoms with Gasteiger partial charge in [-0.2, -0.15) is 9.57 Å². The lowest BCUT2D eigenvalue weighted by Crippen LogP contribution is -2.57. The van der Waals surface area contributed by atoms with E-state index in [2.05, 4.69) is 10.3 Å². The number of rotatable bonds is 4. The molecule has 21 heavy (non-hydrogen) atoms. The highest BCUT2D eigenvalue weighted by molar-refractivity contribution is 7.89. The third-order valence-corrected chi connectivity index (χ3v) is 5.77. The van der Waals surface area contributed by atoms with E-state index >= 15 is 0 Å². The normalized spacial score (nSPS) is 23.7. The lowest BCUT2D eigenvalue weighted by atomic mass is 10.1. The van der Waals surface area contributed by atoms with E-state index in [0.29, 0.717) is 13.1 Å². The fraction of sp³-hybridized carbons (Fsp3) is 0.571. The van der Waals surface area contributed by atoms with Crippen molar-refractivity contribution < 1.29 is 8.42 Å². The van der Waals surface area contributed by atoms with E-state index in [1.165, 1.54) is 18.3 Å². The number of pyridine rings is 1. The molecule has 1 saturated heterocycles. The predicted molar refractivity (Wildman–Crippen MR) is 79.0 cm³/mol. The van der Waals surface area contributed by atoms with Crippen molar-refractivity contribution in [3.63, 3.8) is 0 Å². The Bertz CT molecular complexity index is 621. The smallest absolute Gasteiger partial charge is 0.244 e. The number of nitrogens with one attached hydrogen (secondary N) is 1. The molecule has 0 bridgehead atoms. The van der Waals surface area contributed by atoms with Gasteiger partial charge in [-0.05, 0) is 25.0 Å². The summed E-state index contributed by atoms with van der Waals surface area (Å²) in [6.45, 7) is 5.16. The molecule has 1 aliphatic rings. The number of sulfonamides is 1. The summed E-state index contributed by atoms with van der Waals surface area (Å²) in [4.78, 5) is 4.02. The van der Waals surface area contributed by atoms with E-state index in [-0.39, 0.29) is 22.7 Å². The fourth-order valence-corrected chi connectivity index (χ4v) is 4.17. The molecule has 0 saturated carbocycles. The van der Waals surface area contributed by atoms with Gasteiger partial charge in [-0.3, -0.25) is 0 Å². The molecule has 2 atom stereocenters. The van der Waals surface area contributed by atoms with Gasteiger partial charge in [0.1, 0.15) is 16.7 Å². The minimum absolute atomic E-state index is 0.0477. The molecule has 1 aromatic rings. The molecule has 0 spiro atoms. The van der Waals surface area contributed by atoms with Crippen molar-refractivity contribution in [1.29, 1.82) is 5.26 Å². The highest BCUT2D eigenvalue weighted by Gasteiger charge is 2.35. The van der Waals surface area contributed by atoms with Gasteiger partial charge in [-0.15, -0.1) is 0 Å². The minimum Gasteiger partial charge on any atom is -0.311 e. The molecular formula is C14H20N4O2S. The Balaban J connectivity index is 2.32. The number of piperazine rings is 1. The average Bonchev–Trinajstić information content (AvgIpc) is 2.54. The van der Waals surface area contributed by atoms with Crippen LogP contribution in [0.2, 0.25) is 0 Å². The van der Waals surface area contributed by atoms with Gasteiger partial charge in [-0.1, -0.05) is 13.8 Å². The molecule has 1 N–H and O–H groups in total. The van der Waals surface area contributed by atoms with Gasteiger partial charge in [0.05, 0.1) is 0 Å². The van der Waals surface area contributed by atoms with Crippen molar-refractivity contribution in [2.24, 2.45) is 0 Å². The van der Waals surface area contributed by atoms with Crippen molar-refractivity contribution in [2.75, 3.05) is 13.1 Å². The van der Waals surface area contributed by atoms with Gasteiger partial charge in [-0.25, -0.2) is 13.4 Å². The Morgan fingerprint density at radius 1 is 1.43 bits per heavy atom. The van der Waals surface area contributed by atoms with Crippen LogP contribution >= 0.6 is 0 Å². The van der Waals surface area contributed by atoms with Crippen molar-refractivity contribution in [1.82, 2.24) is 14.6 Å². The van der Waals surface area contributed by atoms with Gasteiger partial charge in [0.2, 0.25) is 10.0 Å². The number of nitriles is 1. The summed E-state index contributed by atoms with van der Waals surface area (Å²) in [6, 6.07) is 4.91. The number of aromatic nitrogens is 1. The van der Waals surface area contributed by atoms with E-state index in [4.69, 9.17) is 5.26 Å². The fourth-order valence-electron chi connectivity index (χ4n) is 2.49. The zero-order valence-corrected chi connectivity index (χ0v) is 13.1. The molecule has 0 aliphatic carbocycles. The van der Waals surface area contributed by atoms with Gasteiger partial charge in [0.25, 0.3) is 0 Å². The monoisotopic (exact) mass is 308 g/mol. The molecule has 1 aliphatic heterocycles. The minimum atomic E-state index is -3.57. The summed E-state index contributed by atoms with van der Waals surface area (Å²) < 4.78 is 27.2. The first kappa shape index (κ1) is 15.9. The van der Waals surface area contributed by atoms with E-state index in [0.717, 1.165) is 12.8 Å². The highest BCUT2D eigenvalue weighted by Crippen LogP contribution is 2.22. The maximum atomic E-state index is 12.8. The lowest BCUT2D eigenvalue weighted by molar-refractivity contribution is 0.215. The topological polar surface area (TPSA) is 86.1 Å². The van der Waals surface area contributed by atoms with Crippen LogP contribution in [0.15, 0.2) is 23.2 Å². The van der Waals surface area contributed by atoms with Gasteiger partial charge in [0, 0.05) is 31.4 Å². The molecule has 7 heteroatoms. The van der Waals surface area contributed by atoms with Crippen LogP contribution in [0.4, 0.5) is 0 Å². The van der Waals surface area contributed by atoms with E-state index in [9.17, 15) is 8.42 Å². The molecule has 2 unspecified atom stereocenters. The largest absolute Gasteiger partial charge is 0.311 e. The van der Waals surface area contributed by atoms with Crippen LogP contribution in [0.1, 0.15) is 32.4 Å². The first-order valence-corrected chi connectivity index (χ1v) is 8.58. The predicted octanol–water partition coefficient (Wildman–Crippen LogP) is 1.10. The van der Waals surface area contributed by atoms with Gasteiger partial charge < -0.3 is 5.32 Å². The zero-order chi connectivity index (χ0) is 15.5.